The van der Waals surface area contributed by atoms with Crippen molar-refractivity contribution >= 4 is 27.3 Å². The Bertz CT molecular complexity index is 1340. The Morgan fingerprint density at radius 2 is 1.97 bits per heavy atom. The summed E-state index contributed by atoms with van der Waals surface area (Å²) in [4.78, 5) is 17.3. The number of fused-ring (bicyclic) bond motifs is 1. The third-order valence-electron chi connectivity index (χ3n) is 5.13. The maximum absolute atomic E-state index is 12.7. The van der Waals surface area contributed by atoms with Gasteiger partial charge in [0.05, 0.1) is 29.0 Å². The molecule has 32 heavy (non-hydrogen) atoms. The molecule has 0 aliphatic rings. The first-order valence-corrected chi connectivity index (χ1v) is 11.5. The monoisotopic (exact) mass is 452 g/mol. The molecule has 3 heterocycles. The van der Waals surface area contributed by atoms with Crippen LogP contribution in [0.2, 0.25) is 0 Å². The Morgan fingerprint density at radius 3 is 2.72 bits per heavy atom. The topological polar surface area (TPSA) is 102 Å². The largest absolute Gasteiger partial charge is 0.319 e. The van der Waals surface area contributed by atoms with Crippen molar-refractivity contribution in [3.63, 3.8) is 0 Å². The molecule has 0 aliphatic carbocycles. The lowest BCUT2D eigenvalue weighted by molar-refractivity contribution is 0.102. The average Bonchev–Trinajstić information content (AvgIpc) is 3.39. The van der Waals surface area contributed by atoms with Gasteiger partial charge in [0.15, 0.2) is 0 Å². The molecule has 0 aliphatic heterocycles. The molecule has 1 N–H and O–H groups in total. The molecule has 1 aromatic carbocycles. The van der Waals surface area contributed by atoms with Gasteiger partial charge in [-0.2, -0.15) is 9.40 Å². The summed E-state index contributed by atoms with van der Waals surface area (Å²) in [6.07, 6.45) is 7.10. The van der Waals surface area contributed by atoms with E-state index < -0.39 is 15.9 Å². The van der Waals surface area contributed by atoms with Crippen LogP contribution in [0.5, 0.6) is 0 Å². The van der Waals surface area contributed by atoms with Gasteiger partial charge in [0.2, 0.25) is 10.0 Å². The van der Waals surface area contributed by atoms with Crippen molar-refractivity contribution in [2.24, 2.45) is 0 Å². The molecule has 0 fully saturated rings. The van der Waals surface area contributed by atoms with E-state index in [1.54, 1.807) is 43.1 Å². The van der Waals surface area contributed by atoms with Crippen molar-refractivity contribution in [1.82, 2.24) is 23.5 Å². The molecule has 0 bridgehead atoms. The summed E-state index contributed by atoms with van der Waals surface area (Å²) in [6, 6.07) is 11.6. The fraction of sp³-hybridized carbons (Fsp3) is 0.227. The Hall–Kier alpha value is -3.50. The van der Waals surface area contributed by atoms with E-state index in [9.17, 15) is 13.2 Å². The van der Waals surface area contributed by atoms with Crippen molar-refractivity contribution in [3.8, 4) is 0 Å². The first kappa shape index (κ1) is 21.7. The lowest BCUT2D eigenvalue weighted by Crippen LogP contribution is -2.33. The second-order valence-electron chi connectivity index (χ2n) is 7.72. The molecule has 9 nitrogen and oxygen atoms in total. The van der Waals surface area contributed by atoms with Crippen LogP contribution in [0.1, 0.15) is 29.9 Å². The summed E-state index contributed by atoms with van der Waals surface area (Å²) < 4.78 is 30.3. The summed E-state index contributed by atoms with van der Waals surface area (Å²) in [6.45, 7) is 4.03. The van der Waals surface area contributed by atoms with E-state index in [2.05, 4.69) is 15.4 Å². The number of hydrogen-bond acceptors (Lipinski definition) is 5. The molecule has 4 aromatic rings. The van der Waals surface area contributed by atoms with Crippen molar-refractivity contribution in [2.45, 2.75) is 31.3 Å². The minimum atomic E-state index is -3.68. The van der Waals surface area contributed by atoms with Crippen LogP contribution in [0.4, 0.5) is 5.69 Å². The second kappa shape index (κ2) is 8.56. The van der Waals surface area contributed by atoms with Gasteiger partial charge < -0.3 is 9.72 Å². The zero-order chi connectivity index (χ0) is 22.9. The van der Waals surface area contributed by atoms with Gasteiger partial charge in [-0.25, -0.2) is 13.4 Å². The van der Waals surface area contributed by atoms with Gasteiger partial charge >= 0.3 is 0 Å². The predicted molar refractivity (Wildman–Crippen MR) is 121 cm³/mol. The van der Waals surface area contributed by atoms with Crippen LogP contribution in [-0.2, 0) is 16.6 Å². The van der Waals surface area contributed by atoms with Crippen molar-refractivity contribution in [2.75, 3.05) is 12.4 Å². The fourth-order valence-corrected chi connectivity index (χ4v) is 4.60. The number of imidazole rings is 1. The standard InChI is InChI=1S/C22H24N6O3S/c1-16(2)26(3)32(30,31)20-8-6-7-17(11-20)22(29)25-18-12-23-28(14-18)15-19-13-27-10-5-4-9-21(27)24-19/h4-14,16H,15H2,1-3H3,(H,25,29). The molecule has 0 saturated heterocycles. The molecule has 1 amide bonds. The fourth-order valence-electron chi connectivity index (χ4n) is 3.19. The van der Waals surface area contributed by atoms with Crippen LogP contribution in [0.25, 0.3) is 5.65 Å². The van der Waals surface area contributed by atoms with Gasteiger partial charge in [0, 0.05) is 37.2 Å². The minimum Gasteiger partial charge on any atom is -0.319 e. The normalized spacial score (nSPS) is 12.0. The predicted octanol–water partition coefficient (Wildman–Crippen LogP) is 2.86. The number of carbonyl (C=O) groups is 1. The van der Waals surface area contributed by atoms with Crippen molar-refractivity contribution in [3.05, 3.63) is 78.5 Å². The summed E-state index contributed by atoms with van der Waals surface area (Å²) in [5.41, 5.74) is 2.44. The van der Waals surface area contributed by atoms with Crippen LogP contribution >= 0.6 is 0 Å². The minimum absolute atomic E-state index is 0.0730. The lowest BCUT2D eigenvalue weighted by Gasteiger charge is -2.21. The third-order valence-corrected chi connectivity index (χ3v) is 7.16. The van der Waals surface area contributed by atoms with Gasteiger partial charge in [0.1, 0.15) is 5.65 Å². The van der Waals surface area contributed by atoms with Crippen LogP contribution in [0.3, 0.4) is 0 Å². The van der Waals surface area contributed by atoms with E-state index in [4.69, 9.17) is 0 Å². The summed E-state index contributed by atoms with van der Waals surface area (Å²) in [5, 5.41) is 7.04. The molecule has 0 unspecified atom stereocenters. The van der Waals surface area contributed by atoms with E-state index in [1.807, 2.05) is 35.0 Å². The van der Waals surface area contributed by atoms with E-state index >= 15 is 0 Å². The van der Waals surface area contributed by atoms with E-state index in [0.717, 1.165) is 11.3 Å². The lowest BCUT2D eigenvalue weighted by atomic mass is 10.2. The Labute approximate surface area is 186 Å². The number of nitrogens with one attached hydrogen (secondary N) is 1. The SMILES string of the molecule is CC(C)N(C)S(=O)(=O)c1cccc(C(=O)Nc2cnn(Cc3cn4ccccc4n3)c2)c1. The summed E-state index contributed by atoms with van der Waals surface area (Å²) >= 11 is 0. The number of hydrogen-bond donors (Lipinski definition) is 1. The second-order valence-corrected chi connectivity index (χ2v) is 9.72. The highest BCUT2D eigenvalue weighted by atomic mass is 32.2. The van der Waals surface area contributed by atoms with Crippen LogP contribution in [0.15, 0.2) is 72.1 Å². The number of amides is 1. The van der Waals surface area contributed by atoms with Crippen molar-refractivity contribution < 1.29 is 13.2 Å². The summed E-state index contributed by atoms with van der Waals surface area (Å²) in [7, 11) is -2.16. The van der Waals surface area contributed by atoms with Crippen molar-refractivity contribution in [1.29, 1.82) is 0 Å². The quantitative estimate of drug-likeness (QED) is 0.465. The molecule has 0 atom stereocenters. The maximum Gasteiger partial charge on any atom is 0.255 e. The highest BCUT2D eigenvalue weighted by molar-refractivity contribution is 7.89. The number of pyridine rings is 1. The van der Waals surface area contributed by atoms with Crippen LogP contribution in [0, 0.1) is 0 Å². The molecule has 10 heteroatoms. The summed E-state index contributed by atoms with van der Waals surface area (Å²) in [5.74, 6) is -0.415. The highest BCUT2D eigenvalue weighted by Crippen LogP contribution is 2.19. The Balaban J connectivity index is 1.47. The molecule has 0 radical (unpaired) electrons. The molecule has 0 spiro atoms. The number of benzene rings is 1. The number of nitrogens with zero attached hydrogens (tertiary/aromatic N) is 5. The first-order chi connectivity index (χ1) is 15.2. The third kappa shape index (κ3) is 4.41. The van der Waals surface area contributed by atoms with Gasteiger partial charge in [-0.15, -0.1) is 0 Å². The van der Waals surface area contributed by atoms with E-state index in [0.29, 0.717) is 12.2 Å². The number of aromatic nitrogens is 4. The first-order valence-electron chi connectivity index (χ1n) is 10.1. The Kier molecular flexibility index (Phi) is 5.81. The smallest absolute Gasteiger partial charge is 0.255 e. The molecule has 166 valence electrons. The molecule has 3 aromatic heterocycles. The molecular weight excluding hydrogens is 428 g/mol. The van der Waals surface area contributed by atoms with Gasteiger partial charge in [0.25, 0.3) is 5.91 Å². The molecule has 4 rings (SSSR count). The van der Waals surface area contributed by atoms with Gasteiger partial charge in [-0.05, 0) is 44.2 Å². The number of anilines is 1. The van der Waals surface area contributed by atoms with Gasteiger partial charge in [-0.1, -0.05) is 12.1 Å². The number of sulfonamides is 1. The van der Waals surface area contributed by atoms with Gasteiger partial charge in [-0.3, -0.25) is 9.48 Å². The van der Waals surface area contributed by atoms with E-state index in [1.165, 1.54) is 23.5 Å². The number of carbonyl (C=O) groups excluding carboxylic acids is 1. The zero-order valence-corrected chi connectivity index (χ0v) is 18.8. The van der Waals surface area contributed by atoms with Crippen LogP contribution < -0.4 is 5.32 Å². The average molecular weight is 453 g/mol. The zero-order valence-electron chi connectivity index (χ0n) is 18.0. The molecular formula is C22H24N6O3S. The maximum atomic E-state index is 12.7. The number of rotatable bonds is 7. The highest BCUT2D eigenvalue weighted by Gasteiger charge is 2.24. The van der Waals surface area contributed by atoms with E-state index in [-0.39, 0.29) is 16.5 Å². The van der Waals surface area contributed by atoms with Crippen LogP contribution in [-0.4, -0.2) is 50.9 Å². The Morgan fingerprint density at radius 1 is 1.16 bits per heavy atom. The molecule has 0 saturated carbocycles.